The Labute approximate surface area is 131 Å². The zero-order chi connectivity index (χ0) is 15.9. The molecule has 1 fully saturated rings. The van der Waals surface area contributed by atoms with Crippen molar-refractivity contribution >= 4 is 0 Å². The first kappa shape index (κ1) is 18.9. The number of aliphatic hydroxyl groups excluding tert-OH is 1. The van der Waals surface area contributed by atoms with E-state index >= 15 is 0 Å². The maximum absolute atomic E-state index is 9.67. The van der Waals surface area contributed by atoms with Gasteiger partial charge in [0.25, 0.3) is 0 Å². The highest BCUT2D eigenvalue weighted by Gasteiger charge is 2.31. The van der Waals surface area contributed by atoms with Crippen LogP contribution in [0.4, 0.5) is 0 Å². The molecule has 126 valence electrons. The van der Waals surface area contributed by atoms with Crippen molar-refractivity contribution in [2.75, 3.05) is 46.9 Å². The monoisotopic (exact) mass is 299 g/mol. The molecule has 0 aromatic carbocycles. The van der Waals surface area contributed by atoms with Gasteiger partial charge in [0.2, 0.25) is 0 Å². The molecular formula is C17H37N3O. The van der Waals surface area contributed by atoms with Gasteiger partial charge in [-0.15, -0.1) is 0 Å². The van der Waals surface area contributed by atoms with E-state index in [1.54, 1.807) is 0 Å². The van der Waals surface area contributed by atoms with Crippen molar-refractivity contribution in [3.8, 4) is 0 Å². The predicted molar refractivity (Wildman–Crippen MR) is 90.7 cm³/mol. The number of hydrogen-bond donors (Lipinski definition) is 2. The summed E-state index contributed by atoms with van der Waals surface area (Å²) in [5, 5.41) is 13.3. The van der Waals surface area contributed by atoms with Gasteiger partial charge in [0.1, 0.15) is 0 Å². The minimum absolute atomic E-state index is 0.0911. The van der Waals surface area contributed by atoms with Crippen molar-refractivity contribution < 1.29 is 5.11 Å². The zero-order valence-corrected chi connectivity index (χ0v) is 14.9. The van der Waals surface area contributed by atoms with Crippen LogP contribution in [0.5, 0.6) is 0 Å². The highest BCUT2D eigenvalue weighted by Crippen LogP contribution is 2.24. The third kappa shape index (κ3) is 8.77. The predicted octanol–water partition coefficient (Wildman–Crippen LogP) is 1.79. The lowest BCUT2D eigenvalue weighted by atomic mass is 9.96. The number of likely N-dealkylation sites (N-methyl/N-ethyl adjacent to an activating group) is 1. The lowest BCUT2D eigenvalue weighted by Crippen LogP contribution is -2.47. The van der Waals surface area contributed by atoms with E-state index in [2.05, 4.69) is 50.0 Å². The standard InChI is InChI=1S/C17H37N3O/c1-15(2)13-20(12-11-19(4)5)10-6-9-17(3,14-21)18-16-7-8-16/h15-16,18,21H,6-14H2,1-5H3. The maximum Gasteiger partial charge on any atom is 0.0610 e. The summed E-state index contributed by atoms with van der Waals surface area (Å²) in [5.74, 6) is 0.709. The molecule has 2 N–H and O–H groups in total. The fourth-order valence-corrected chi connectivity index (χ4v) is 2.76. The number of aliphatic hydroxyl groups is 1. The summed E-state index contributed by atoms with van der Waals surface area (Å²) in [6.07, 6.45) is 4.75. The van der Waals surface area contributed by atoms with Crippen LogP contribution in [0.15, 0.2) is 0 Å². The Balaban J connectivity index is 2.32. The first-order valence-corrected chi connectivity index (χ1v) is 8.60. The molecule has 21 heavy (non-hydrogen) atoms. The van der Waals surface area contributed by atoms with Crippen LogP contribution in [0.2, 0.25) is 0 Å². The van der Waals surface area contributed by atoms with E-state index in [9.17, 15) is 5.11 Å². The van der Waals surface area contributed by atoms with Gasteiger partial charge in [-0.3, -0.25) is 0 Å². The Bertz CT molecular complexity index is 279. The van der Waals surface area contributed by atoms with Crippen molar-refractivity contribution in [1.82, 2.24) is 15.1 Å². The average molecular weight is 300 g/mol. The Morgan fingerprint density at radius 1 is 1.19 bits per heavy atom. The molecular weight excluding hydrogens is 262 g/mol. The molecule has 0 heterocycles. The third-order valence-electron chi connectivity index (χ3n) is 4.17. The summed E-state index contributed by atoms with van der Waals surface area (Å²) >= 11 is 0. The van der Waals surface area contributed by atoms with Crippen molar-refractivity contribution in [3.05, 3.63) is 0 Å². The Hall–Kier alpha value is -0.160. The largest absolute Gasteiger partial charge is 0.394 e. The molecule has 4 heteroatoms. The smallest absolute Gasteiger partial charge is 0.0610 e. The number of rotatable bonds is 12. The van der Waals surface area contributed by atoms with Gasteiger partial charge in [0, 0.05) is 31.2 Å². The molecule has 0 saturated heterocycles. The zero-order valence-electron chi connectivity index (χ0n) is 14.9. The molecule has 0 aromatic heterocycles. The van der Waals surface area contributed by atoms with Crippen molar-refractivity contribution in [3.63, 3.8) is 0 Å². The van der Waals surface area contributed by atoms with Crippen LogP contribution in [0.3, 0.4) is 0 Å². The Morgan fingerprint density at radius 2 is 1.86 bits per heavy atom. The number of nitrogens with zero attached hydrogens (tertiary/aromatic N) is 2. The van der Waals surface area contributed by atoms with E-state index in [-0.39, 0.29) is 12.1 Å². The molecule has 1 saturated carbocycles. The molecule has 1 unspecified atom stereocenters. The average Bonchev–Trinajstić information content (AvgIpc) is 3.18. The van der Waals surface area contributed by atoms with Crippen molar-refractivity contribution in [2.45, 2.75) is 58.0 Å². The molecule has 0 spiro atoms. The van der Waals surface area contributed by atoms with E-state index in [0.29, 0.717) is 12.0 Å². The van der Waals surface area contributed by atoms with E-state index in [0.717, 1.165) is 32.5 Å². The second-order valence-electron chi connectivity index (χ2n) is 7.74. The summed E-state index contributed by atoms with van der Waals surface area (Å²) in [5.41, 5.74) is -0.0911. The fraction of sp³-hybridized carbons (Fsp3) is 1.00. The van der Waals surface area contributed by atoms with Gasteiger partial charge >= 0.3 is 0 Å². The summed E-state index contributed by atoms with van der Waals surface area (Å²) in [6, 6.07) is 0.655. The quantitative estimate of drug-likeness (QED) is 0.576. The van der Waals surface area contributed by atoms with Gasteiger partial charge in [-0.05, 0) is 59.2 Å². The SMILES string of the molecule is CC(C)CN(CCCC(C)(CO)NC1CC1)CCN(C)C. The van der Waals surface area contributed by atoms with Gasteiger partial charge in [-0.25, -0.2) is 0 Å². The molecule has 1 atom stereocenters. The van der Waals surface area contributed by atoms with Crippen LogP contribution in [0.1, 0.15) is 46.5 Å². The van der Waals surface area contributed by atoms with Gasteiger partial charge in [-0.1, -0.05) is 13.8 Å². The van der Waals surface area contributed by atoms with Crippen molar-refractivity contribution in [2.24, 2.45) is 5.92 Å². The second-order valence-corrected chi connectivity index (χ2v) is 7.74. The highest BCUT2D eigenvalue weighted by molar-refractivity contribution is 4.92. The number of nitrogens with one attached hydrogen (secondary N) is 1. The highest BCUT2D eigenvalue weighted by atomic mass is 16.3. The summed E-state index contributed by atoms with van der Waals surface area (Å²) in [4.78, 5) is 4.82. The topological polar surface area (TPSA) is 38.7 Å². The lowest BCUT2D eigenvalue weighted by molar-refractivity contribution is 0.150. The van der Waals surface area contributed by atoms with Gasteiger partial charge in [0.15, 0.2) is 0 Å². The van der Waals surface area contributed by atoms with Crippen LogP contribution >= 0.6 is 0 Å². The molecule has 0 aliphatic heterocycles. The Morgan fingerprint density at radius 3 is 2.33 bits per heavy atom. The van der Waals surface area contributed by atoms with E-state index in [1.165, 1.54) is 19.4 Å². The first-order chi connectivity index (χ1) is 9.84. The van der Waals surface area contributed by atoms with Crippen LogP contribution in [0.25, 0.3) is 0 Å². The third-order valence-corrected chi connectivity index (χ3v) is 4.17. The normalized spacial score (nSPS) is 18.7. The molecule has 1 aliphatic carbocycles. The molecule has 0 amide bonds. The van der Waals surface area contributed by atoms with Crippen molar-refractivity contribution in [1.29, 1.82) is 0 Å². The summed E-state index contributed by atoms with van der Waals surface area (Å²) < 4.78 is 0. The van der Waals surface area contributed by atoms with Crippen LogP contribution in [-0.2, 0) is 0 Å². The van der Waals surface area contributed by atoms with Gasteiger partial charge < -0.3 is 20.2 Å². The minimum Gasteiger partial charge on any atom is -0.394 e. The van der Waals surface area contributed by atoms with E-state index < -0.39 is 0 Å². The van der Waals surface area contributed by atoms with Crippen LogP contribution in [-0.4, -0.2) is 73.4 Å². The summed E-state index contributed by atoms with van der Waals surface area (Å²) in [7, 11) is 4.27. The summed E-state index contributed by atoms with van der Waals surface area (Å²) in [6.45, 7) is 11.5. The maximum atomic E-state index is 9.67. The van der Waals surface area contributed by atoms with E-state index in [1.807, 2.05) is 0 Å². The molecule has 4 nitrogen and oxygen atoms in total. The molecule has 1 rings (SSSR count). The van der Waals surface area contributed by atoms with Gasteiger partial charge in [0.05, 0.1) is 6.61 Å². The molecule has 0 aromatic rings. The fourth-order valence-electron chi connectivity index (χ4n) is 2.76. The molecule has 0 bridgehead atoms. The minimum atomic E-state index is -0.0911. The number of hydrogen-bond acceptors (Lipinski definition) is 4. The first-order valence-electron chi connectivity index (χ1n) is 8.60. The molecule has 1 aliphatic rings. The second kappa shape index (κ2) is 9.09. The van der Waals surface area contributed by atoms with Gasteiger partial charge in [-0.2, -0.15) is 0 Å². The van der Waals surface area contributed by atoms with Crippen LogP contribution in [0, 0.1) is 5.92 Å². The van der Waals surface area contributed by atoms with Crippen LogP contribution < -0.4 is 5.32 Å². The lowest BCUT2D eigenvalue weighted by Gasteiger charge is -2.31. The Kier molecular flexibility index (Phi) is 8.17. The van der Waals surface area contributed by atoms with E-state index in [4.69, 9.17) is 0 Å². The molecule has 0 radical (unpaired) electrons.